The highest BCUT2D eigenvalue weighted by atomic mass is 16.5. The van der Waals surface area contributed by atoms with Gasteiger partial charge >= 0.3 is 5.97 Å². The first-order chi connectivity index (χ1) is 9.15. The van der Waals surface area contributed by atoms with E-state index in [2.05, 4.69) is 20.4 Å². The molecule has 0 unspecified atom stereocenters. The van der Waals surface area contributed by atoms with Crippen molar-refractivity contribution in [2.45, 2.75) is 6.92 Å². The molecule has 0 aliphatic carbocycles. The third-order valence-electron chi connectivity index (χ3n) is 2.00. The van der Waals surface area contributed by atoms with Crippen LogP contribution < -0.4 is 5.32 Å². The number of aromatic nitrogens is 3. The van der Waals surface area contributed by atoms with Crippen LogP contribution in [0.2, 0.25) is 0 Å². The summed E-state index contributed by atoms with van der Waals surface area (Å²) in [5.41, 5.74) is 0.0348. The van der Waals surface area contributed by atoms with Crippen molar-refractivity contribution in [2.75, 3.05) is 11.9 Å². The second-order valence-corrected chi connectivity index (χ2v) is 3.54. The molecule has 0 spiro atoms. The van der Waals surface area contributed by atoms with Gasteiger partial charge < -0.3 is 14.6 Å². The fraction of sp³-hybridized carbons (Fsp3) is 0.182. The van der Waals surface area contributed by atoms with E-state index in [4.69, 9.17) is 9.26 Å². The summed E-state index contributed by atoms with van der Waals surface area (Å²) in [5, 5.41) is 5.98. The average molecular weight is 262 g/mol. The van der Waals surface area contributed by atoms with Crippen LogP contribution in [0.1, 0.15) is 16.2 Å². The Morgan fingerprint density at radius 2 is 2.26 bits per heavy atom. The third-order valence-corrected chi connectivity index (χ3v) is 2.00. The van der Waals surface area contributed by atoms with Gasteiger partial charge in [-0.3, -0.25) is 9.78 Å². The molecule has 2 aromatic heterocycles. The predicted octanol–water partition coefficient (Wildman–Crippen LogP) is 0.569. The van der Waals surface area contributed by atoms with Crippen molar-refractivity contribution in [1.82, 2.24) is 15.1 Å². The van der Waals surface area contributed by atoms with Crippen LogP contribution in [0.15, 0.2) is 29.2 Å². The molecule has 0 aliphatic heterocycles. The van der Waals surface area contributed by atoms with Crippen LogP contribution in [0.3, 0.4) is 0 Å². The molecule has 0 bridgehead atoms. The fourth-order valence-electron chi connectivity index (χ4n) is 1.21. The van der Waals surface area contributed by atoms with Gasteiger partial charge in [0.1, 0.15) is 5.76 Å². The summed E-state index contributed by atoms with van der Waals surface area (Å²) in [4.78, 5) is 30.4. The van der Waals surface area contributed by atoms with Crippen molar-refractivity contribution in [1.29, 1.82) is 0 Å². The molecular weight excluding hydrogens is 252 g/mol. The van der Waals surface area contributed by atoms with Crippen LogP contribution in [0.4, 0.5) is 5.82 Å². The van der Waals surface area contributed by atoms with Crippen molar-refractivity contribution in [3.05, 3.63) is 36.1 Å². The van der Waals surface area contributed by atoms with Crippen LogP contribution in [-0.4, -0.2) is 33.6 Å². The number of aryl methyl sites for hydroxylation is 1. The Bertz CT molecular complexity index is 581. The van der Waals surface area contributed by atoms with Crippen molar-refractivity contribution in [3.63, 3.8) is 0 Å². The Morgan fingerprint density at radius 3 is 2.89 bits per heavy atom. The number of hydrogen-bond donors (Lipinski definition) is 1. The van der Waals surface area contributed by atoms with E-state index in [1.54, 1.807) is 13.0 Å². The average Bonchev–Trinajstić information content (AvgIpc) is 2.82. The number of carbonyl (C=O) groups excluding carboxylic acids is 2. The number of rotatable bonds is 4. The molecule has 8 heteroatoms. The second-order valence-electron chi connectivity index (χ2n) is 3.54. The number of esters is 1. The number of amides is 1. The molecule has 8 nitrogen and oxygen atoms in total. The van der Waals surface area contributed by atoms with Gasteiger partial charge in [-0.15, -0.1) is 0 Å². The molecule has 1 N–H and O–H groups in total. The molecule has 98 valence electrons. The molecule has 2 aromatic rings. The molecule has 2 heterocycles. The molecule has 0 saturated heterocycles. The van der Waals surface area contributed by atoms with Gasteiger partial charge in [-0.25, -0.2) is 9.78 Å². The van der Waals surface area contributed by atoms with Crippen LogP contribution in [0.25, 0.3) is 0 Å². The second kappa shape index (κ2) is 5.71. The first kappa shape index (κ1) is 12.7. The van der Waals surface area contributed by atoms with E-state index in [-0.39, 0.29) is 11.5 Å². The van der Waals surface area contributed by atoms with Crippen LogP contribution >= 0.6 is 0 Å². The van der Waals surface area contributed by atoms with Crippen LogP contribution in [0.5, 0.6) is 0 Å². The summed E-state index contributed by atoms with van der Waals surface area (Å²) >= 11 is 0. The standard InChI is InChI=1S/C11H10N4O4/c1-7-4-9(15-19-7)14-10(16)6-18-11(17)8-5-12-2-3-13-8/h2-5H,6H2,1H3,(H,14,15,16). The summed E-state index contributed by atoms with van der Waals surface area (Å²) in [6.45, 7) is 1.25. The Morgan fingerprint density at radius 1 is 1.42 bits per heavy atom. The highest BCUT2D eigenvalue weighted by Gasteiger charge is 2.12. The van der Waals surface area contributed by atoms with E-state index in [0.717, 1.165) is 0 Å². The van der Waals surface area contributed by atoms with Gasteiger partial charge in [0, 0.05) is 18.5 Å². The largest absolute Gasteiger partial charge is 0.451 e. The quantitative estimate of drug-likeness (QED) is 0.802. The topological polar surface area (TPSA) is 107 Å². The Kier molecular flexibility index (Phi) is 3.81. The summed E-state index contributed by atoms with van der Waals surface area (Å²) in [6.07, 6.45) is 4.03. The first-order valence-electron chi connectivity index (χ1n) is 5.31. The number of carbonyl (C=O) groups is 2. The minimum Gasteiger partial charge on any atom is -0.451 e. The lowest BCUT2D eigenvalue weighted by Gasteiger charge is -2.03. The maximum atomic E-state index is 11.5. The Hall–Kier alpha value is -2.77. The maximum absolute atomic E-state index is 11.5. The molecular formula is C11H10N4O4. The number of nitrogens with zero attached hydrogens (tertiary/aromatic N) is 3. The van der Waals surface area contributed by atoms with Gasteiger partial charge in [-0.2, -0.15) is 0 Å². The number of anilines is 1. The van der Waals surface area contributed by atoms with E-state index in [1.807, 2.05) is 0 Å². The van der Waals surface area contributed by atoms with Gasteiger partial charge in [0.05, 0.1) is 6.20 Å². The SMILES string of the molecule is Cc1cc(NC(=O)COC(=O)c2cnccn2)no1. The summed E-state index contributed by atoms with van der Waals surface area (Å²) in [7, 11) is 0. The molecule has 0 fully saturated rings. The number of hydrogen-bond acceptors (Lipinski definition) is 7. The normalized spacial score (nSPS) is 9.95. The van der Waals surface area contributed by atoms with Crippen molar-refractivity contribution in [3.8, 4) is 0 Å². The van der Waals surface area contributed by atoms with E-state index >= 15 is 0 Å². The van der Waals surface area contributed by atoms with E-state index in [1.165, 1.54) is 18.6 Å². The van der Waals surface area contributed by atoms with Gasteiger partial charge in [-0.05, 0) is 6.92 Å². The lowest BCUT2D eigenvalue weighted by Crippen LogP contribution is -2.21. The predicted molar refractivity (Wildman–Crippen MR) is 62.2 cm³/mol. The van der Waals surface area contributed by atoms with E-state index in [9.17, 15) is 9.59 Å². The molecule has 1 amide bonds. The number of nitrogens with one attached hydrogen (secondary N) is 1. The third kappa shape index (κ3) is 3.60. The fourth-order valence-corrected chi connectivity index (χ4v) is 1.21. The van der Waals surface area contributed by atoms with Gasteiger partial charge in [-0.1, -0.05) is 5.16 Å². The van der Waals surface area contributed by atoms with Crippen molar-refractivity contribution < 1.29 is 18.8 Å². The lowest BCUT2D eigenvalue weighted by molar-refractivity contribution is -0.119. The maximum Gasteiger partial charge on any atom is 0.359 e. The summed E-state index contributed by atoms with van der Waals surface area (Å²) < 4.78 is 9.53. The zero-order chi connectivity index (χ0) is 13.7. The Labute approximate surface area is 107 Å². The highest BCUT2D eigenvalue weighted by molar-refractivity contribution is 5.94. The first-order valence-corrected chi connectivity index (χ1v) is 5.31. The van der Waals surface area contributed by atoms with Gasteiger partial charge in [0.2, 0.25) is 0 Å². The smallest absolute Gasteiger partial charge is 0.359 e. The number of ether oxygens (including phenoxy) is 1. The zero-order valence-corrected chi connectivity index (χ0v) is 9.99. The molecule has 2 rings (SSSR count). The summed E-state index contributed by atoms with van der Waals surface area (Å²) in [5.74, 6) is -0.421. The zero-order valence-electron chi connectivity index (χ0n) is 9.99. The van der Waals surface area contributed by atoms with Crippen molar-refractivity contribution >= 4 is 17.7 Å². The van der Waals surface area contributed by atoms with Crippen molar-refractivity contribution in [2.24, 2.45) is 0 Å². The molecule has 19 heavy (non-hydrogen) atoms. The highest BCUT2D eigenvalue weighted by Crippen LogP contribution is 2.06. The Balaban J connectivity index is 1.82. The molecule has 0 radical (unpaired) electrons. The molecule has 0 aliphatic rings. The van der Waals surface area contributed by atoms with Crippen LogP contribution in [0, 0.1) is 6.92 Å². The van der Waals surface area contributed by atoms with Gasteiger partial charge in [0.15, 0.2) is 18.1 Å². The van der Waals surface area contributed by atoms with E-state index in [0.29, 0.717) is 5.76 Å². The minimum atomic E-state index is -0.723. The lowest BCUT2D eigenvalue weighted by atomic mass is 10.4. The molecule has 0 aromatic carbocycles. The summed E-state index contributed by atoms with van der Waals surface area (Å²) in [6, 6.07) is 1.54. The monoisotopic (exact) mass is 262 g/mol. The molecule has 0 atom stereocenters. The van der Waals surface area contributed by atoms with Gasteiger partial charge in [0.25, 0.3) is 5.91 Å². The van der Waals surface area contributed by atoms with E-state index < -0.39 is 18.5 Å². The van der Waals surface area contributed by atoms with Crippen LogP contribution in [-0.2, 0) is 9.53 Å². The molecule has 0 saturated carbocycles. The minimum absolute atomic E-state index is 0.0348.